The minimum atomic E-state index is -4.12. The average molecular weight is 591 g/mol. The minimum absolute atomic E-state index is 0.0517. The summed E-state index contributed by atoms with van der Waals surface area (Å²) in [6, 6.07) is 18.9. The van der Waals surface area contributed by atoms with Crippen LogP contribution in [0.4, 0.5) is 5.69 Å². The van der Waals surface area contributed by atoms with Crippen molar-refractivity contribution >= 4 is 50.7 Å². The molecule has 3 aromatic carbocycles. The number of benzene rings is 3. The Morgan fingerprint density at radius 1 is 0.923 bits per heavy atom. The summed E-state index contributed by atoms with van der Waals surface area (Å²) in [5.74, 6) is -0.934. The fraction of sp³-hybridized carbons (Fsp3) is 0.310. The summed E-state index contributed by atoms with van der Waals surface area (Å²) in [5, 5.41) is 3.53. The first-order valence-corrected chi connectivity index (χ1v) is 14.9. The fourth-order valence-electron chi connectivity index (χ4n) is 3.93. The highest BCUT2D eigenvalue weighted by molar-refractivity contribution is 7.92. The van der Waals surface area contributed by atoms with E-state index in [1.165, 1.54) is 17.0 Å². The van der Waals surface area contributed by atoms with Crippen LogP contribution in [0.5, 0.6) is 0 Å². The highest BCUT2D eigenvalue weighted by atomic mass is 35.5. The van der Waals surface area contributed by atoms with E-state index in [0.717, 1.165) is 22.7 Å². The van der Waals surface area contributed by atoms with Gasteiger partial charge in [-0.2, -0.15) is 0 Å². The van der Waals surface area contributed by atoms with E-state index in [1.54, 1.807) is 67.6 Å². The first-order valence-electron chi connectivity index (χ1n) is 12.7. The van der Waals surface area contributed by atoms with Gasteiger partial charge in [0.25, 0.3) is 10.0 Å². The molecular weight excluding hydrogens is 557 g/mol. The minimum Gasteiger partial charge on any atom is -0.354 e. The SMILES string of the molecule is CCCCNC(=O)[C@@H](C)N(Cc1c(Cl)cccc1Cl)C(=O)CN(c1ccccc1)S(=O)(=O)c1ccc(C)cc1. The van der Waals surface area contributed by atoms with Crippen molar-refractivity contribution in [3.63, 3.8) is 0 Å². The number of rotatable bonds is 12. The summed E-state index contributed by atoms with van der Waals surface area (Å²) in [4.78, 5) is 28.3. The van der Waals surface area contributed by atoms with Crippen molar-refractivity contribution in [2.24, 2.45) is 0 Å². The van der Waals surface area contributed by atoms with Crippen molar-refractivity contribution in [2.75, 3.05) is 17.4 Å². The van der Waals surface area contributed by atoms with Crippen LogP contribution in [0.15, 0.2) is 77.7 Å². The van der Waals surface area contributed by atoms with Crippen molar-refractivity contribution in [1.82, 2.24) is 10.2 Å². The van der Waals surface area contributed by atoms with Gasteiger partial charge in [0.1, 0.15) is 12.6 Å². The Balaban J connectivity index is 2.01. The molecule has 0 aliphatic heterocycles. The van der Waals surface area contributed by atoms with Crippen LogP contribution >= 0.6 is 23.2 Å². The van der Waals surface area contributed by atoms with Crippen LogP contribution in [-0.4, -0.2) is 44.3 Å². The number of amides is 2. The summed E-state index contributed by atoms with van der Waals surface area (Å²) in [5.41, 5.74) is 1.69. The van der Waals surface area contributed by atoms with E-state index in [4.69, 9.17) is 23.2 Å². The highest BCUT2D eigenvalue weighted by Crippen LogP contribution is 2.28. The number of aryl methyl sites for hydroxylation is 1. The molecule has 0 unspecified atom stereocenters. The number of halogens is 2. The van der Waals surface area contributed by atoms with E-state index in [0.29, 0.717) is 27.8 Å². The van der Waals surface area contributed by atoms with Crippen molar-refractivity contribution in [2.45, 2.75) is 51.1 Å². The van der Waals surface area contributed by atoms with Gasteiger partial charge in [0.15, 0.2) is 0 Å². The fourth-order valence-corrected chi connectivity index (χ4v) is 5.86. The lowest BCUT2D eigenvalue weighted by molar-refractivity contribution is -0.139. The number of hydrogen-bond donors (Lipinski definition) is 1. The molecule has 39 heavy (non-hydrogen) atoms. The van der Waals surface area contributed by atoms with Crippen LogP contribution in [0.2, 0.25) is 10.0 Å². The van der Waals surface area contributed by atoms with E-state index in [2.05, 4.69) is 5.32 Å². The third-order valence-corrected chi connectivity index (χ3v) is 8.82. The van der Waals surface area contributed by atoms with E-state index in [9.17, 15) is 18.0 Å². The van der Waals surface area contributed by atoms with Crippen LogP contribution < -0.4 is 9.62 Å². The molecule has 208 valence electrons. The summed E-state index contributed by atoms with van der Waals surface area (Å²) >= 11 is 12.8. The maximum atomic E-state index is 13.9. The maximum Gasteiger partial charge on any atom is 0.264 e. The van der Waals surface area contributed by atoms with E-state index in [-0.39, 0.29) is 17.3 Å². The van der Waals surface area contributed by atoms with Gasteiger partial charge in [-0.15, -0.1) is 0 Å². The Morgan fingerprint density at radius 2 is 1.54 bits per heavy atom. The summed E-state index contributed by atoms with van der Waals surface area (Å²) in [6.07, 6.45) is 1.69. The molecule has 0 spiro atoms. The summed E-state index contributed by atoms with van der Waals surface area (Å²) in [6.45, 7) is 5.33. The van der Waals surface area contributed by atoms with E-state index < -0.39 is 28.5 Å². The molecule has 0 radical (unpaired) electrons. The number of anilines is 1. The van der Waals surface area contributed by atoms with Gasteiger partial charge in [-0.3, -0.25) is 13.9 Å². The van der Waals surface area contributed by atoms with Crippen molar-refractivity contribution in [3.05, 3.63) is 94.0 Å². The van der Waals surface area contributed by atoms with Crippen molar-refractivity contribution in [3.8, 4) is 0 Å². The van der Waals surface area contributed by atoms with Gasteiger partial charge in [-0.25, -0.2) is 8.42 Å². The molecule has 1 atom stereocenters. The monoisotopic (exact) mass is 589 g/mol. The Morgan fingerprint density at radius 3 is 2.13 bits per heavy atom. The van der Waals surface area contributed by atoms with Gasteiger partial charge < -0.3 is 10.2 Å². The molecule has 1 N–H and O–H groups in total. The molecule has 0 aliphatic carbocycles. The number of sulfonamides is 1. The zero-order chi connectivity index (χ0) is 28.6. The molecular formula is C29H33Cl2N3O4S. The Labute approximate surface area is 240 Å². The smallest absolute Gasteiger partial charge is 0.264 e. The number of para-hydroxylation sites is 1. The summed E-state index contributed by atoms with van der Waals surface area (Å²) in [7, 11) is -4.12. The van der Waals surface area contributed by atoms with Gasteiger partial charge in [0.05, 0.1) is 10.6 Å². The number of carbonyl (C=O) groups excluding carboxylic acids is 2. The van der Waals surface area contributed by atoms with E-state index >= 15 is 0 Å². The molecule has 0 heterocycles. The van der Waals surface area contributed by atoms with Gasteiger partial charge in [-0.1, -0.05) is 78.5 Å². The Kier molecular flexibility index (Phi) is 10.8. The van der Waals surface area contributed by atoms with Gasteiger partial charge >= 0.3 is 0 Å². The van der Waals surface area contributed by atoms with Crippen molar-refractivity contribution < 1.29 is 18.0 Å². The molecule has 3 aromatic rings. The molecule has 0 aromatic heterocycles. The molecule has 7 nitrogen and oxygen atoms in total. The van der Waals surface area contributed by atoms with Crippen LogP contribution in [0.3, 0.4) is 0 Å². The van der Waals surface area contributed by atoms with Crippen LogP contribution in [0.1, 0.15) is 37.8 Å². The maximum absolute atomic E-state index is 13.9. The third-order valence-electron chi connectivity index (χ3n) is 6.32. The third kappa shape index (κ3) is 7.75. The second kappa shape index (κ2) is 13.8. The lowest BCUT2D eigenvalue weighted by atomic mass is 10.1. The molecule has 0 bridgehead atoms. The number of nitrogens with zero attached hydrogens (tertiary/aromatic N) is 2. The molecule has 0 saturated heterocycles. The lowest BCUT2D eigenvalue weighted by Gasteiger charge is -2.32. The Bertz CT molecular complexity index is 1360. The largest absolute Gasteiger partial charge is 0.354 e. The average Bonchev–Trinajstić information content (AvgIpc) is 2.92. The topological polar surface area (TPSA) is 86.8 Å². The van der Waals surface area contributed by atoms with Gasteiger partial charge in [-0.05, 0) is 56.7 Å². The van der Waals surface area contributed by atoms with Crippen LogP contribution in [0.25, 0.3) is 0 Å². The molecule has 0 saturated carbocycles. The first-order chi connectivity index (χ1) is 18.6. The van der Waals surface area contributed by atoms with Gasteiger partial charge in [0, 0.05) is 28.7 Å². The number of nitrogens with one attached hydrogen (secondary N) is 1. The second-order valence-electron chi connectivity index (χ2n) is 9.20. The molecule has 10 heteroatoms. The molecule has 2 amide bonds. The predicted molar refractivity (Wildman–Crippen MR) is 157 cm³/mol. The van der Waals surface area contributed by atoms with Crippen LogP contribution in [0, 0.1) is 6.92 Å². The molecule has 0 aliphatic rings. The zero-order valence-corrected chi connectivity index (χ0v) is 24.6. The number of carbonyl (C=O) groups is 2. The first kappa shape index (κ1) is 30.5. The Hall–Kier alpha value is -3.07. The molecule has 3 rings (SSSR count). The number of hydrogen-bond acceptors (Lipinski definition) is 4. The second-order valence-corrected chi connectivity index (χ2v) is 11.9. The van der Waals surface area contributed by atoms with E-state index in [1.807, 2.05) is 13.8 Å². The van der Waals surface area contributed by atoms with Crippen LogP contribution in [-0.2, 0) is 26.2 Å². The lowest BCUT2D eigenvalue weighted by Crippen LogP contribution is -2.51. The zero-order valence-electron chi connectivity index (χ0n) is 22.2. The number of unbranched alkanes of at least 4 members (excludes halogenated alkanes) is 1. The highest BCUT2D eigenvalue weighted by Gasteiger charge is 2.33. The summed E-state index contributed by atoms with van der Waals surface area (Å²) < 4.78 is 28.6. The molecule has 0 fully saturated rings. The predicted octanol–water partition coefficient (Wildman–Crippen LogP) is 5.83. The quantitative estimate of drug-likeness (QED) is 0.269. The standard InChI is InChI=1S/C29H33Cl2N3O4S/c1-4-5-18-32-29(36)22(3)33(19-25-26(30)12-9-13-27(25)31)28(35)20-34(23-10-7-6-8-11-23)39(37,38)24-16-14-21(2)15-17-24/h6-17,22H,4-5,18-20H2,1-3H3,(H,32,36)/t22-/m1/s1. The normalized spacial score (nSPS) is 12.0. The van der Waals surface area contributed by atoms with Crippen molar-refractivity contribution in [1.29, 1.82) is 0 Å². The van der Waals surface area contributed by atoms with Gasteiger partial charge in [0.2, 0.25) is 11.8 Å².